The number of benzene rings is 1. The fraction of sp³-hybridized carbons (Fsp3) is 0.235. The van der Waals surface area contributed by atoms with E-state index in [1.54, 1.807) is 12.5 Å². The zero-order valence-electron chi connectivity index (χ0n) is 13.0. The quantitative estimate of drug-likeness (QED) is 0.710. The second-order valence-corrected chi connectivity index (χ2v) is 5.61. The number of rotatable bonds is 2. The molecule has 0 bridgehead atoms. The minimum Gasteiger partial charge on any atom is -0.368 e. The predicted molar refractivity (Wildman–Crippen MR) is 90.7 cm³/mol. The van der Waals surface area contributed by atoms with Crippen molar-refractivity contribution in [3.63, 3.8) is 0 Å². The first-order valence-electron chi connectivity index (χ1n) is 7.75. The lowest BCUT2D eigenvalue weighted by molar-refractivity contribution is 0.646. The summed E-state index contributed by atoms with van der Waals surface area (Å²) in [5.41, 5.74) is 2.49. The second kappa shape index (κ2) is 6.08. The molecule has 3 heterocycles. The van der Waals surface area contributed by atoms with Crippen LogP contribution in [-0.2, 0) is 0 Å². The number of aromatic nitrogens is 4. The fourth-order valence-corrected chi connectivity index (χ4v) is 2.90. The molecular weight excluding hydrogens is 302 g/mol. The molecule has 118 valence electrons. The molecule has 3 aromatic rings. The van der Waals surface area contributed by atoms with Crippen LogP contribution in [0, 0.1) is 11.3 Å². The zero-order chi connectivity index (χ0) is 16.4. The van der Waals surface area contributed by atoms with Crippen molar-refractivity contribution in [2.45, 2.75) is 0 Å². The van der Waals surface area contributed by atoms with Gasteiger partial charge in [0.2, 0.25) is 0 Å². The maximum absolute atomic E-state index is 8.79. The van der Waals surface area contributed by atoms with Crippen molar-refractivity contribution in [2.75, 3.05) is 36.0 Å². The van der Waals surface area contributed by atoms with Gasteiger partial charge in [0, 0.05) is 43.4 Å². The summed E-state index contributed by atoms with van der Waals surface area (Å²) in [4.78, 5) is 21.3. The number of nitriles is 1. The first kappa shape index (κ1) is 14.3. The SMILES string of the molecule is N#Cc1cnc(N2CCN(c3ccc4ncncc4c3)CC2)cn1. The van der Waals surface area contributed by atoms with Crippen LogP contribution in [0.3, 0.4) is 0 Å². The largest absolute Gasteiger partial charge is 0.368 e. The molecule has 1 aliphatic heterocycles. The Balaban J connectivity index is 1.47. The Kier molecular flexibility index (Phi) is 3.63. The van der Waals surface area contributed by atoms with Crippen molar-refractivity contribution in [1.29, 1.82) is 5.26 Å². The molecule has 1 aromatic carbocycles. The number of hydrogen-bond donors (Lipinski definition) is 0. The van der Waals surface area contributed by atoms with Crippen LogP contribution in [0.4, 0.5) is 11.5 Å². The zero-order valence-corrected chi connectivity index (χ0v) is 13.0. The Morgan fingerprint density at radius 2 is 1.75 bits per heavy atom. The minimum atomic E-state index is 0.343. The molecule has 0 saturated carbocycles. The summed E-state index contributed by atoms with van der Waals surface area (Å²) in [7, 11) is 0. The fourth-order valence-electron chi connectivity index (χ4n) is 2.90. The number of hydrogen-bond acceptors (Lipinski definition) is 7. The molecule has 0 aliphatic carbocycles. The lowest BCUT2D eigenvalue weighted by Crippen LogP contribution is -2.46. The highest BCUT2D eigenvalue weighted by Crippen LogP contribution is 2.22. The molecule has 1 saturated heterocycles. The van der Waals surface area contributed by atoms with Crippen molar-refractivity contribution in [3.8, 4) is 6.07 Å². The van der Waals surface area contributed by atoms with Gasteiger partial charge in [-0.15, -0.1) is 0 Å². The monoisotopic (exact) mass is 317 g/mol. The Labute approximate surface area is 139 Å². The van der Waals surface area contributed by atoms with Crippen LogP contribution in [0.2, 0.25) is 0 Å². The van der Waals surface area contributed by atoms with Gasteiger partial charge in [0.25, 0.3) is 0 Å². The van der Waals surface area contributed by atoms with Crippen molar-refractivity contribution in [2.24, 2.45) is 0 Å². The van der Waals surface area contributed by atoms with E-state index in [9.17, 15) is 0 Å². The highest BCUT2D eigenvalue weighted by molar-refractivity contribution is 5.81. The first-order chi connectivity index (χ1) is 11.8. The second-order valence-electron chi connectivity index (χ2n) is 5.61. The summed E-state index contributed by atoms with van der Waals surface area (Å²) in [6.07, 6.45) is 6.60. The summed E-state index contributed by atoms with van der Waals surface area (Å²) in [6.45, 7) is 3.54. The maximum Gasteiger partial charge on any atom is 0.158 e. The third-order valence-corrected chi connectivity index (χ3v) is 4.21. The van der Waals surface area contributed by atoms with Gasteiger partial charge >= 0.3 is 0 Å². The standard InChI is InChI=1S/C17H15N7/c18-8-14-10-21-17(11-20-14)24-5-3-23(4-6-24)15-1-2-16-13(7-15)9-19-12-22-16/h1-2,7,9-12H,3-6H2. The molecule has 2 aromatic heterocycles. The summed E-state index contributed by atoms with van der Waals surface area (Å²) < 4.78 is 0. The third-order valence-electron chi connectivity index (χ3n) is 4.21. The maximum atomic E-state index is 8.79. The van der Waals surface area contributed by atoms with Crippen molar-refractivity contribution in [3.05, 3.63) is 48.8 Å². The molecule has 0 spiro atoms. The van der Waals surface area contributed by atoms with E-state index in [0.717, 1.165) is 42.9 Å². The van der Waals surface area contributed by atoms with Crippen LogP contribution >= 0.6 is 0 Å². The van der Waals surface area contributed by atoms with Gasteiger partial charge in [-0.3, -0.25) is 0 Å². The highest BCUT2D eigenvalue weighted by Gasteiger charge is 2.18. The Morgan fingerprint density at radius 3 is 2.50 bits per heavy atom. The van der Waals surface area contributed by atoms with Crippen LogP contribution in [0.15, 0.2) is 43.1 Å². The molecule has 0 radical (unpaired) electrons. The molecule has 7 heteroatoms. The molecular formula is C17H15N7. The van der Waals surface area contributed by atoms with Gasteiger partial charge in [0.05, 0.1) is 17.9 Å². The van der Waals surface area contributed by atoms with Crippen LogP contribution in [0.5, 0.6) is 0 Å². The molecule has 0 N–H and O–H groups in total. The molecule has 24 heavy (non-hydrogen) atoms. The van der Waals surface area contributed by atoms with Crippen LogP contribution in [-0.4, -0.2) is 46.1 Å². The molecule has 0 atom stereocenters. The van der Waals surface area contributed by atoms with E-state index in [2.05, 4.69) is 41.9 Å². The molecule has 1 fully saturated rings. The summed E-state index contributed by atoms with van der Waals surface area (Å²) in [6, 6.07) is 8.26. The first-order valence-corrected chi connectivity index (χ1v) is 7.75. The third kappa shape index (κ3) is 2.70. The van der Waals surface area contributed by atoms with E-state index in [1.165, 1.54) is 11.9 Å². The van der Waals surface area contributed by atoms with Crippen molar-refractivity contribution < 1.29 is 0 Å². The van der Waals surface area contributed by atoms with Crippen molar-refractivity contribution >= 4 is 22.4 Å². The van der Waals surface area contributed by atoms with E-state index in [1.807, 2.05) is 18.3 Å². The summed E-state index contributed by atoms with van der Waals surface area (Å²) >= 11 is 0. The number of nitrogens with zero attached hydrogens (tertiary/aromatic N) is 7. The molecule has 4 rings (SSSR count). The summed E-state index contributed by atoms with van der Waals surface area (Å²) in [5.74, 6) is 0.820. The van der Waals surface area contributed by atoms with E-state index in [0.29, 0.717) is 5.69 Å². The van der Waals surface area contributed by atoms with E-state index < -0.39 is 0 Å². The number of piperazine rings is 1. The van der Waals surface area contributed by atoms with Gasteiger partial charge in [-0.25, -0.2) is 19.9 Å². The number of fused-ring (bicyclic) bond motifs is 1. The van der Waals surface area contributed by atoms with E-state index in [4.69, 9.17) is 5.26 Å². The Bertz CT molecular complexity index is 893. The average Bonchev–Trinajstić information content (AvgIpc) is 2.68. The van der Waals surface area contributed by atoms with E-state index in [-0.39, 0.29) is 0 Å². The van der Waals surface area contributed by atoms with Gasteiger partial charge in [-0.1, -0.05) is 0 Å². The lowest BCUT2D eigenvalue weighted by atomic mass is 10.2. The normalized spacial score (nSPS) is 14.6. The van der Waals surface area contributed by atoms with Gasteiger partial charge in [-0.05, 0) is 18.2 Å². The van der Waals surface area contributed by atoms with Crippen LogP contribution in [0.1, 0.15) is 5.69 Å². The smallest absolute Gasteiger partial charge is 0.158 e. The Morgan fingerprint density at radius 1 is 0.917 bits per heavy atom. The molecule has 7 nitrogen and oxygen atoms in total. The Hall–Kier alpha value is -3.27. The predicted octanol–water partition coefficient (Wildman–Crippen LogP) is 1.62. The van der Waals surface area contributed by atoms with E-state index >= 15 is 0 Å². The number of anilines is 2. The van der Waals surface area contributed by atoms with Gasteiger partial charge in [-0.2, -0.15) is 5.26 Å². The van der Waals surface area contributed by atoms with Crippen molar-refractivity contribution in [1.82, 2.24) is 19.9 Å². The molecule has 0 unspecified atom stereocenters. The topological polar surface area (TPSA) is 81.8 Å². The molecule has 1 aliphatic rings. The summed E-state index contributed by atoms with van der Waals surface area (Å²) in [5, 5.41) is 9.84. The molecule has 0 amide bonds. The average molecular weight is 317 g/mol. The highest BCUT2D eigenvalue weighted by atomic mass is 15.3. The van der Waals surface area contributed by atoms with Gasteiger partial charge in [0.1, 0.15) is 18.2 Å². The van der Waals surface area contributed by atoms with Crippen LogP contribution in [0.25, 0.3) is 10.9 Å². The van der Waals surface area contributed by atoms with Gasteiger partial charge < -0.3 is 9.80 Å². The van der Waals surface area contributed by atoms with Crippen LogP contribution < -0.4 is 9.80 Å². The lowest BCUT2D eigenvalue weighted by Gasteiger charge is -2.36. The minimum absolute atomic E-state index is 0.343. The van der Waals surface area contributed by atoms with Gasteiger partial charge in [0.15, 0.2) is 5.69 Å².